The van der Waals surface area contributed by atoms with Gasteiger partial charge in [0.05, 0.1) is 25.3 Å². The fourth-order valence-electron chi connectivity index (χ4n) is 4.24. The maximum absolute atomic E-state index is 13.0. The second-order valence-corrected chi connectivity index (χ2v) is 8.47. The number of para-hydroxylation sites is 1. The number of ketones is 1. The highest BCUT2D eigenvalue weighted by molar-refractivity contribution is 6.11. The Hall–Kier alpha value is -3.65. The van der Waals surface area contributed by atoms with Gasteiger partial charge in [-0.05, 0) is 36.8 Å². The molecule has 1 saturated heterocycles. The number of piperazine rings is 1. The third-order valence-corrected chi connectivity index (χ3v) is 6.25. The summed E-state index contributed by atoms with van der Waals surface area (Å²) < 4.78 is 10.9. The number of hydrogen-bond donors (Lipinski definition) is 1. The lowest BCUT2D eigenvalue weighted by molar-refractivity contribution is -0.133. The van der Waals surface area contributed by atoms with E-state index in [0.717, 1.165) is 11.3 Å². The maximum Gasteiger partial charge on any atom is 0.241 e. The van der Waals surface area contributed by atoms with Crippen LogP contribution in [0, 0.1) is 0 Å². The van der Waals surface area contributed by atoms with Gasteiger partial charge in [0, 0.05) is 38.5 Å². The van der Waals surface area contributed by atoms with Gasteiger partial charge in [-0.3, -0.25) is 19.3 Å². The molecule has 3 aromatic rings. The van der Waals surface area contributed by atoms with Gasteiger partial charge in [0.15, 0.2) is 11.5 Å². The van der Waals surface area contributed by atoms with Gasteiger partial charge in [-0.2, -0.15) is 0 Å². The van der Waals surface area contributed by atoms with Crippen LogP contribution in [-0.2, 0) is 16.0 Å². The van der Waals surface area contributed by atoms with Crippen molar-refractivity contribution in [3.05, 3.63) is 59.9 Å². The van der Waals surface area contributed by atoms with Crippen molar-refractivity contribution in [1.29, 1.82) is 0 Å². The van der Waals surface area contributed by atoms with Crippen LogP contribution >= 0.6 is 0 Å². The fourth-order valence-corrected chi connectivity index (χ4v) is 4.24. The van der Waals surface area contributed by atoms with Crippen LogP contribution in [0.4, 0.5) is 5.69 Å². The highest BCUT2D eigenvalue weighted by atomic mass is 16.5. The minimum absolute atomic E-state index is 0.0565. The molecule has 1 unspecified atom stereocenters. The van der Waals surface area contributed by atoms with Crippen molar-refractivity contribution in [3.63, 3.8) is 0 Å². The predicted molar refractivity (Wildman–Crippen MR) is 129 cm³/mol. The molecular weight excluding hydrogens is 434 g/mol. The summed E-state index contributed by atoms with van der Waals surface area (Å²) in [6, 6.07) is 14.3. The fraction of sp³-hybridized carbons (Fsp3) is 0.346. The van der Waals surface area contributed by atoms with Gasteiger partial charge >= 0.3 is 0 Å². The normalized spacial score (nSPS) is 15.2. The number of methoxy groups -OCH3 is 1. The van der Waals surface area contributed by atoms with Gasteiger partial charge in [-0.25, -0.2) is 0 Å². The number of carbonyl (C=O) groups excluding carboxylic acids is 3. The third-order valence-electron chi connectivity index (χ3n) is 6.25. The number of benzene rings is 2. The molecule has 1 aliphatic rings. The number of anilines is 1. The second kappa shape index (κ2) is 10.1. The van der Waals surface area contributed by atoms with Gasteiger partial charge in [0.2, 0.25) is 11.8 Å². The van der Waals surface area contributed by atoms with Crippen LogP contribution < -0.4 is 10.1 Å². The second-order valence-electron chi connectivity index (χ2n) is 8.47. The Morgan fingerprint density at radius 3 is 2.50 bits per heavy atom. The van der Waals surface area contributed by atoms with Crippen LogP contribution in [0.25, 0.3) is 11.0 Å². The van der Waals surface area contributed by atoms with E-state index in [-0.39, 0.29) is 23.4 Å². The molecule has 178 valence electrons. The molecule has 2 heterocycles. The van der Waals surface area contributed by atoms with E-state index < -0.39 is 6.04 Å². The van der Waals surface area contributed by atoms with Crippen LogP contribution in [0.15, 0.2) is 52.9 Å². The summed E-state index contributed by atoms with van der Waals surface area (Å²) >= 11 is 0. The molecule has 34 heavy (non-hydrogen) atoms. The largest absolute Gasteiger partial charge is 0.497 e. The number of furan rings is 1. The predicted octanol–water partition coefficient (Wildman–Crippen LogP) is 3.36. The summed E-state index contributed by atoms with van der Waals surface area (Å²) in [7, 11) is 1.60. The number of hydrogen-bond acceptors (Lipinski definition) is 6. The zero-order chi connectivity index (χ0) is 24.2. The van der Waals surface area contributed by atoms with Gasteiger partial charge in [-0.15, -0.1) is 0 Å². The molecule has 4 rings (SSSR count). The van der Waals surface area contributed by atoms with Crippen molar-refractivity contribution in [2.24, 2.45) is 0 Å². The van der Waals surface area contributed by atoms with Gasteiger partial charge < -0.3 is 19.4 Å². The number of Topliss-reactive ketones (excluding diaryl/α,β-unsaturated/α-hetero) is 1. The van der Waals surface area contributed by atoms with E-state index in [1.807, 2.05) is 59.2 Å². The lowest BCUT2D eigenvalue weighted by atomic mass is 10.1. The average molecular weight is 464 g/mol. The molecule has 0 bridgehead atoms. The Balaban J connectivity index is 1.36. The molecule has 8 heteroatoms. The molecule has 1 fully saturated rings. The first-order chi connectivity index (χ1) is 16.4. The van der Waals surface area contributed by atoms with E-state index in [0.29, 0.717) is 49.3 Å². The van der Waals surface area contributed by atoms with Crippen LogP contribution in [0.2, 0.25) is 0 Å². The molecule has 0 spiro atoms. The number of carbonyl (C=O) groups is 3. The Morgan fingerprint density at radius 1 is 1.06 bits per heavy atom. The van der Waals surface area contributed by atoms with Crippen molar-refractivity contribution in [2.45, 2.75) is 26.3 Å². The summed E-state index contributed by atoms with van der Waals surface area (Å²) in [6.45, 7) is 5.52. The summed E-state index contributed by atoms with van der Waals surface area (Å²) in [4.78, 5) is 41.7. The van der Waals surface area contributed by atoms with Crippen LogP contribution in [0.1, 0.15) is 30.0 Å². The summed E-state index contributed by atoms with van der Waals surface area (Å²) in [5.41, 5.74) is 1.87. The number of rotatable bonds is 7. The minimum Gasteiger partial charge on any atom is -0.497 e. The number of nitrogens with zero attached hydrogens (tertiary/aromatic N) is 2. The van der Waals surface area contributed by atoms with Gasteiger partial charge in [-0.1, -0.05) is 24.3 Å². The quantitative estimate of drug-likeness (QED) is 0.540. The molecule has 1 N–H and O–H groups in total. The zero-order valence-corrected chi connectivity index (χ0v) is 19.7. The van der Waals surface area contributed by atoms with Crippen molar-refractivity contribution < 1.29 is 23.5 Å². The smallest absolute Gasteiger partial charge is 0.241 e. The van der Waals surface area contributed by atoms with E-state index in [9.17, 15) is 14.4 Å². The van der Waals surface area contributed by atoms with Crippen LogP contribution in [0.3, 0.4) is 0 Å². The first-order valence-electron chi connectivity index (χ1n) is 11.4. The third kappa shape index (κ3) is 4.97. The number of fused-ring (bicyclic) bond motifs is 1. The molecule has 1 aromatic heterocycles. The van der Waals surface area contributed by atoms with Crippen LogP contribution in [0.5, 0.6) is 5.75 Å². The topological polar surface area (TPSA) is 92.1 Å². The summed E-state index contributed by atoms with van der Waals surface area (Å²) in [5.74, 6) is 0.469. The number of amides is 2. The van der Waals surface area contributed by atoms with Crippen molar-refractivity contribution in [3.8, 4) is 5.75 Å². The average Bonchev–Trinajstić information content (AvgIpc) is 3.22. The van der Waals surface area contributed by atoms with E-state index >= 15 is 0 Å². The Morgan fingerprint density at radius 2 is 1.79 bits per heavy atom. The zero-order valence-electron chi connectivity index (χ0n) is 19.7. The maximum atomic E-state index is 13.0. The van der Waals surface area contributed by atoms with E-state index in [4.69, 9.17) is 9.15 Å². The molecule has 0 saturated carbocycles. The Kier molecular flexibility index (Phi) is 6.98. The molecular formula is C26H29N3O5. The van der Waals surface area contributed by atoms with Crippen molar-refractivity contribution in [2.75, 3.05) is 38.6 Å². The lowest BCUT2D eigenvalue weighted by Crippen LogP contribution is -2.54. The van der Waals surface area contributed by atoms with Gasteiger partial charge in [0.1, 0.15) is 11.3 Å². The first-order valence-corrected chi connectivity index (χ1v) is 11.4. The van der Waals surface area contributed by atoms with Crippen molar-refractivity contribution >= 4 is 34.3 Å². The standard InChI is InChI=1S/C26H29N3O5/c1-17(26(32)27-24-21-9-4-5-10-22(21)34-25(24)18(2)30)28-11-13-29(14-12-28)23(31)16-19-7-6-8-20(15-19)33-3/h4-10,15,17H,11-14,16H2,1-3H3,(H,27,32). The first kappa shape index (κ1) is 23.5. The molecule has 0 aliphatic carbocycles. The molecule has 1 aliphatic heterocycles. The molecule has 0 radical (unpaired) electrons. The highest BCUT2D eigenvalue weighted by Gasteiger charge is 2.29. The van der Waals surface area contributed by atoms with E-state index in [1.165, 1.54) is 6.92 Å². The molecule has 2 amide bonds. The summed E-state index contributed by atoms with van der Waals surface area (Å²) in [6.07, 6.45) is 0.314. The number of nitrogens with one attached hydrogen (secondary N) is 1. The molecule has 1 atom stereocenters. The molecule has 8 nitrogen and oxygen atoms in total. The lowest BCUT2D eigenvalue weighted by Gasteiger charge is -2.37. The Bertz CT molecular complexity index is 1210. The van der Waals surface area contributed by atoms with Crippen molar-refractivity contribution in [1.82, 2.24) is 9.80 Å². The van der Waals surface area contributed by atoms with Gasteiger partial charge in [0.25, 0.3) is 0 Å². The summed E-state index contributed by atoms with van der Waals surface area (Å²) in [5, 5.41) is 3.60. The minimum atomic E-state index is -0.427. The Labute approximate surface area is 198 Å². The van der Waals surface area contributed by atoms with E-state index in [1.54, 1.807) is 13.2 Å². The molecule has 2 aromatic carbocycles. The van der Waals surface area contributed by atoms with E-state index in [2.05, 4.69) is 5.32 Å². The highest BCUT2D eigenvalue weighted by Crippen LogP contribution is 2.31. The number of ether oxygens (including phenoxy) is 1. The SMILES string of the molecule is COc1cccc(CC(=O)N2CCN(C(C)C(=O)Nc3c(C(C)=O)oc4ccccc34)CC2)c1. The monoisotopic (exact) mass is 463 g/mol. The van der Waals surface area contributed by atoms with Crippen LogP contribution in [-0.4, -0.2) is 66.7 Å².